The number of fused-ring (bicyclic) bond motifs is 6. The lowest BCUT2D eigenvalue weighted by atomic mass is 10.1. The van der Waals surface area contributed by atoms with Crippen molar-refractivity contribution in [3.63, 3.8) is 0 Å². The summed E-state index contributed by atoms with van der Waals surface area (Å²) < 4.78 is 4.55. The summed E-state index contributed by atoms with van der Waals surface area (Å²) in [6, 6.07) is 34.0. The van der Waals surface area contributed by atoms with Crippen LogP contribution in [-0.2, 0) is 0 Å². The first-order valence-electron chi connectivity index (χ1n) is 10.7. The van der Waals surface area contributed by atoms with Crippen LogP contribution < -0.4 is 0 Å². The number of para-hydroxylation sites is 2. The van der Waals surface area contributed by atoms with E-state index in [1.54, 1.807) is 0 Å². The molecule has 7 rings (SSSR count). The minimum Gasteiger partial charge on any atom is -0.315 e. The Labute approximate surface area is 184 Å². The van der Waals surface area contributed by atoms with Gasteiger partial charge in [0.1, 0.15) is 0 Å². The molecule has 0 atom stereocenters. The quantitative estimate of drug-likeness (QED) is 0.319. The predicted molar refractivity (Wildman–Crippen MR) is 131 cm³/mol. The first-order chi connectivity index (χ1) is 15.9. The Kier molecular flexibility index (Phi) is 3.52. The summed E-state index contributed by atoms with van der Waals surface area (Å²) in [5, 5.41) is 14.8. The molecule has 0 aliphatic carbocycles. The summed E-state index contributed by atoms with van der Waals surface area (Å²) in [4.78, 5) is 0. The fraction of sp³-hybridized carbons (Fsp3) is 0. The zero-order valence-corrected chi connectivity index (χ0v) is 17.2. The van der Waals surface area contributed by atoms with Crippen LogP contribution in [0.15, 0.2) is 109 Å². The second kappa shape index (κ2) is 6.53. The summed E-state index contributed by atoms with van der Waals surface area (Å²) in [5.41, 5.74) is 4.57. The van der Waals surface area contributed by atoms with E-state index in [2.05, 4.69) is 110 Å². The molecule has 0 aliphatic rings. The molecule has 0 radical (unpaired) electrons. The third-order valence-corrected chi connectivity index (χ3v) is 6.28. The molecular weight excluding hydrogens is 392 g/mol. The summed E-state index contributed by atoms with van der Waals surface area (Å²) in [7, 11) is 0. The normalized spacial score (nSPS) is 11.8. The van der Waals surface area contributed by atoms with E-state index in [0.29, 0.717) is 0 Å². The molecule has 0 aliphatic heterocycles. The third kappa shape index (κ3) is 2.32. The molecule has 4 nitrogen and oxygen atoms in total. The number of hydrogen-bond acceptors (Lipinski definition) is 2. The third-order valence-electron chi connectivity index (χ3n) is 6.28. The Morgan fingerprint density at radius 1 is 0.562 bits per heavy atom. The number of rotatable bonds is 2. The van der Waals surface area contributed by atoms with Gasteiger partial charge in [-0.2, -0.15) is 5.10 Å². The molecule has 0 saturated carbocycles. The highest BCUT2D eigenvalue weighted by Gasteiger charge is 2.19. The van der Waals surface area contributed by atoms with Gasteiger partial charge in [-0.3, -0.25) is 4.57 Å². The van der Waals surface area contributed by atoms with Crippen LogP contribution in [0.25, 0.3) is 55.0 Å². The van der Waals surface area contributed by atoms with Gasteiger partial charge in [0.05, 0.1) is 22.7 Å². The molecular formula is C28H18N4. The smallest absolute Gasteiger partial charge is 0.168 e. The molecule has 0 bridgehead atoms. The lowest BCUT2D eigenvalue weighted by Crippen LogP contribution is -2.02. The van der Waals surface area contributed by atoms with E-state index >= 15 is 0 Å². The van der Waals surface area contributed by atoms with E-state index in [9.17, 15) is 0 Å². The van der Waals surface area contributed by atoms with Gasteiger partial charge in [-0.05, 0) is 24.3 Å². The van der Waals surface area contributed by atoms with Crippen LogP contribution in [0.5, 0.6) is 0 Å². The molecule has 0 fully saturated rings. The van der Waals surface area contributed by atoms with Crippen LogP contribution in [0.1, 0.15) is 0 Å². The van der Waals surface area contributed by atoms with Crippen molar-refractivity contribution in [2.24, 2.45) is 0 Å². The minimum atomic E-state index is 0.850. The lowest BCUT2D eigenvalue weighted by Gasteiger charge is -2.12. The summed E-state index contributed by atoms with van der Waals surface area (Å²) in [5.74, 6) is 0.850. The molecule has 0 unspecified atom stereocenters. The average Bonchev–Trinajstić information content (AvgIpc) is 3.43. The van der Waals surface area contributed by atoms with Crippen LogP contribution >= 0.6 is 0 Å². The Hall–Kier alpha value is -4.44. The highest BCUT2D eigenvalue weighted by molar-refractivity contribution is 6.18. The lowest BCUT2D eigenvalue weighted by molar-refractivity contribution is 0.971. The van der Waals surface area contributed by atoms with E-state index in [4.69, 9.17) is 0 Å². The van der Waals surface area contributed by atoms with E-state index in [-0.39, 0.29) is 0 Å². The van der Waals surface area contributed by atoms with Gasteiger partial charge < -0.3 is 4.57 Å². The van der Waals surface area contributed by atoms with E-state index in [1.165, 1.54) is 21.7 Å². The average molecular weight is 410 g/mol. The van der Waals surface area contributed by atoms with Gasteiger partial charge in [0.15, 0.2) is 5.82 Å². The van der Waals surface area contributed by atoms with Gasteiger partial charge in [0, 0.05) is 38.8 Å². The standard InChI is InChI=1S/C28H18N4/c1-2-9-21(10-3-1)31-17-16-19-14-15-24-23-12-6-7-13-25(23)32(27(24)26(19)31)28-22-11-5-4-8-20(22)18-29-30-28/h1-18H. The van der Waals surface area contributed by atoms with Crippen LogP contribution in [0.3, 0.4) is 0 Å². The van der Waals surface area contributed by atoms with Crippen molar-refractivity contribution in [1.29, 1.82) is 0 Å². The number of aromatic nitrogens is 4. The van der Waals surface area contributed by atoms with Gasteiger partial charge in [-0.25, -0.2) is 0 Å². The SMILES string of the molecule is c1ccc(-n2ccc3ccc4c5ccccc5n(-c5nncc6ccccc56)c4c32)cc1. The fourth-order valence-electron chi connectivity index (χ4n) is 4.87. The maximum atomic E-state index is 4.65. The van der Waals surface area contributed by atoms with Gasteiger partial charge in [-0.15, -0.1) is 5.10 Å². The summed E-state index contributed by atoms with van der Waals surface area (Å²) in [6.07, 6.45) is 3.98. The van der Waals surface area contributed by atoms with Crippen LogP contribution in [-0.4, -0.2) is 19.3 Å². The molecule has 4 aromatic carbocycles. The van der Waals surface area contributed by atoms with Gasteiger partial charge in [0.2, 0.25) is 0 Å². The Bertz CT molecular complexity index is 1770. The summed E-state index contributed by atoms with van der Waals surface area (Å²) >= 11 is 0. The van der Waals surface area contributed by atoms with Crippen LogP contribution in [0.4, 0.5) is 0 Å². The van der Waals surface area contributed by atoms with Crippen LogP contribution in [0.2, 0.25) is 0 Å². The van der Waals surface area contributed by atoms with Crippen molar-refractivity contribution in [1.82, 2.24) is 19.3 Å². The molecule has 32 heavy (non-hydrogen) atoms. The van der Waals surface area contributed by atoms with Gasteiger partial charge in [0.25, 0.3) is 0 Å². The van der Waals surface area contributed by atoms with Gasteiger partial charge >= 0.3 is 0 Å². The molecule has 4 heteroatoms. The van der Waals surface area contributed by atoms with Crippen molar-refractivity contribution in [2.75, 3.05) is 0 Å². The molecule has 0 saturated heterocycles. The molecule has 7 aromatic rings. The Morgan fingerprint density at radius 3 is 2.25 bits per heavy atom. The van der Waals surface area contributed by atoms with E-state index < -0.39 is 0 Å². The molecule has 3 heterocycles. The predicted octanol–water partition coefficient (Wildman–Crippen LogP) is 6.67. The molecule has 0 spiro atoms. The maximum Gasteiger partial charge on any atom is 0.168 e. The largest absolute Gasteiger partial charge is 0.315 e. The van der Waals surface area contributed by atoms with Crippen molar-refractivity contribution in [3.8, 4) is 11.5 Å². The molecule has 0 amide bonds. The van der Waals surface area contributed by atoms with Crippen molar-refractivity contribution in [2.45, 2.75) is 0 Å². The van der Waals surface area contributed by atoms with E-state index in [0.717, 1.165) is 33.3 Å². The second-order valence-corrected chi connectivity index (χ2v) is 8.03. The molecule has 3 aromatic heterocycles. The first-order valence-corrected chi connectivity index (χ1v) is 10.7. The van der Waals surface area contributed by atoms with Crippen molar-refractivity contribution < 1.29 is 0 Å². The maximum absolute atomic E-state index is 4.65. The first kappa shape index (κ1) is 17.3. The zero-order valence-electron chi connectivity index (χ0n) is 17.2. The van der Waals surface area contributed by atoms with Crippen LogP contribution in [0, 0.1) is 0 Å². The monoisotopic (exact) mass is 410 g/mol. The highest BCUT2D eigenvalue weighted by Crippen LogP contribution is 2.38. The Morgan fingerprint density at radius 2 is 1.34 bits per heavy atom. The zero-order chi connectivity index (χ0) is 21.1. The fourth-order valence-corrected chi connectivity index (χ4v) is 4.87. The Balaban J connectivity index is 1.73. The highest BCUT2D eigenvalue weighted by atomic mass is 15.2. The van der Waals surface area contributed by atoms with Gasteiger partial charge in [-0.1, -0.05) is 72.8 Å². The van der Waals surface area contributed by atoms with Crippen molar-refractivity contribution >= 4 is 43.5 Å². The number of nitrogens with zero attached hydrogens (tertiary/aromatic N) is 4. The number of hydrogen-bond donors (Lipinski definition) is 0. The number of benzene rings is 4. The van der Waals surface area contributed by atoms with Crippen molar-refractivity contribution in [3.05, 3.63) is 109 Å². The molecule has 0 N–H and O–H groups in total. The topological polar surface area (TPSA) is 35.6 Å². The summed E-state index contributed by atoms with van der Waals surface area (Å²) in [6.45, 7) is 0. The second-order valence-electron chi connectivity index (χ2n) is 8.03. The minimum absolute atomic E-state index is 0.850. The van der Waals surface area contributed by atoms with E-state index in [1.807, 2.05) is 18.3 Å². The molecule has 150 valence electrons.